The van der Waals surface area contributed by atoms with Gasteiger partial charge in [0.25, 0.3) is 0 Å². The number of piperazine rings is 1. The Balaban J connectivity index is 1.79. The second kappa shape index (κ2) is 5.72. The zero-order chi connectivity index (χ0) is 13.1. The molecule has 2 rings (SSSR count). The highest BCUT2D eigenvalue weighted by molar-refractivity contribution is 5.95. The molecule has 2 amide bonds. The average molecular weight is 252 g/mol. The van der Waals surface area contributed by atoms with Gasteiger partial charge < -0.3 is 10.2 Å². The Bertz CT molecular complexity index is 324. The predicted molar refractivity (Wildman–Crippen MR) is 69.9 cm³/mol. The molecule has 0 bridgehead atoms. The lowest BCUT2D eigenvalue weighted by Gasteiger charge is -2.32. The maximum Gasteiger partial charge on any atom is 0.245 e. The third kappa shape index (κ3) is 3.47. The second-order valence-electron chi connectivity index (χ2n) is 6.03. The molecular formula is C14H24N2O2. The van der Waals surface area contributed by atoms with Gasteiger partial charge in [-0.15, -0.1) is 0 Å². The molecule has 1 unspecified atom stereocenters. The number of carbonyl (C=O) groups is 2. The summed E-state index contributed by atoms with van der Waals surface area (Å²) < 4.78 is 0. The van der Waals surface area contributed by atoms with Crippen molar-refractivity contribution in [3.05, 3.63) is 0 Å². The Morgan fingerprint density at radius 3 is 2.61 bits per heavy atom. The molecule has 18 heavy (non-hydrogen) atoms. The van der Waals surface area contributed by atoms with Crippen LogP contribution in [0.2, 0.25) is 0 Å². The number of hydrogen-bond donors (Lipinski definition) is 1. The Hall–Kier alpha value is -1.06. The minimum atomic E-state index is -0.226. The molecule has 0 radical (unpaired) electrons. The number of rotatable bonds is 6. The predicted octanol–water partition coefficient (Wildman–Crippen LogP) is 1.55. The zero-order valence-corrected chi connectivity index (χ0v) is 11.4. The quantitative estimate of drug-likeness (QED) is 0.729. The summed E-state index contributed by atoms with van der Waals surface area (Å²) in [4.78, 5) is 25.5. The Kier molecular flexibility index (Phi) is 4.25. The van der Waals surface area contributed by atoms with Crippen LogP contribution in [0.3, 0.4) is 0 Å². The van der Waals surface area contributed by atoms with E-state index in [-0.39, 0.29) is 24.4 Å². The summed E-state index contributed by atoms with van der Waals surface area (Å²) in [7, 11) is 0. The van der Waals surface area contributed by atoms with Gasteiger partial charge in [0.15, 0.2) is 0 Å². The van der Waals surface area contributed by atoms with Gasteiger partial charge in [-0.1, -0.05) is 26.7 Å². The summed E-state index contributed by atoms with van der Waals surface area (Å²) >= 11 is 0. The molecule has 4 nitrogen and oxygen atoms in total. The number of amides is 2. The van der Waals surface area contributed by atoms with E-state index in [9.17, 15) is 9.59 Å². The zero-order valence-electron chi connectivity index (χ0n) is 11.4. The van der Waals surface area contributed by atoms with Crippen molar-refractivity contribution in [3.63, 3.8) is 0 Å². The highest BCUT2D eigenvalue weighted by Crippen LogP contribution is 2.34. The van der Waals surface area contributed by atoms with Crippen molar-refractivity contribution in [2.45, 2.75) is 52.0 Å². The van der Waals surface area contributed by atoms with Crippen molar-refractivity contribution < 1.29 is 9.59 Å². The van der Waals surface area contributed by atoms with Crippen molar-refractivity contribution >= 4 is 11.8 Å². The summed E-state index contributed by atoms with van der Waals surface area (Å²) in [6.07, 6.45) is 5.50. The van der Waals surface area contributed by atoms with Gasteiger partial charge in [0, 0.05) is 6.54 Å². The SMILES string of the molecule is CC(C)CCCCN1CC(=O)NC(C2CC2)C1=O. The first-order valence-corrected chi connectivity index (χ1v) is 7.16. The summed E-state index contributed by atoms with van der Waals surface area (Å²) in [5.41, 5.74) is 0. The van der Waals surface area contributed by atoms with E-state index < -0.39 is 0 Å². The molecule has 0 aromatic carbocycles. The highest BCUT2D eigenvalue weighted by Gasteiger charge is 2.42. The van der Waals surface area contributed by atoms with Crippen LogP contribution in [0.1, 0.15) is 46.0 Å². The van der Waals surface area contributed by atoms with Gasteiger partial charge in [-0.05, 0) is 31.1 Å². The normalized spacial score (nSPS) is 24.6. The summed E-state index contributed by atoms with van der Waals surface area (Å²) in [5.74, 6) is 1.27. The molecule has 1 saturated carbocycles. The van der Waals surface area contributed by atoms with E-state index in [1.807, 2.05) is 0 Å². The van der Waals surface area contributed by atoms with Crippen LogP contribution in [0, 0.1) is 11.8 Å². The van der Waals surface area contributed by atoms with Crippen molar-refractivity contribution in [2.75, 3.05) is 13.1 Å². The maximum atomic E-state index is 12.2. The van der Waals surface area contributed by atoms with Crippen molar-refractivity contribution in [1.82, 2.24) is 10.2 Å². The van der Waals surface area contributed by atoms with Gasteiger partial charge in [-0.25, -0.2) is 0 Å². The van der Waals surface area contributed by atoms with E-state index in [1.54, 1.807) is 4.90 Å². The van der Waals surface area contributed by atoms with Crippen LogP contribution >= 0.6 is 0 Å². The monoisotopic (exact) mass is 252 g/mol. The molecule has 1 aliphatic heterocycles. The van der Waals surface area contributed by atoms with E-state index in [1.165, 1.54) is 6.42 Å². The molecule has 2 aliphatic rings. The van der Waals surface area contributed by atoms with Gasteiger partial charge in [0.1, 0.15) is 6.04 Å². The number of nitrogens with one attached hydrogen (secondary N) is 1. The maximum absolute atomic E-state index is 12.2. The van der Waals surface area contributed by atoms with Gasteiger partial charge in [-0.3, -0.25) is 9.59 Å². The van der Waals surface area contributed by atoms with Gasteiger partial charge in [0.05, 0.1) is 6.54 Å². The molecule has 1 heterocycles. The van der Waals surface area contributed by atoms with Crippen LogP contribution in [0.25, 0.3) is 0 Å². The molecule has 0 aromatic rings. The van der Waals surface area contributed by atoms with E-state index in [2.05, 4.69) is 19.2 Å². The fourth-order valence-electron chi connectivity index (χ4n) is 2.52. The van der Waals surface area contributed by atoms with E-state index >= 15 is 0 Å². The van der Waals surface area contributed by atoms with Crippen molar-refractivity contribution in [3.8, 4) is 0 Å². The Morgan fingerprint density at radius 2 is 2.00 bits per heavy atom. The van der Waals surface area contributed by atoms with Crippen LogP contribution < -0.4 is 5.32 Å². The third-order valence-corrected chi connectivity index (χ3v) is 3.78. The van der Waals surface area contributed by atoms with Gasteiger partial charge in [0.2, 0.25) is 11.8 Å². The molecule has 4 heteroatoms. The summed E-state index contributed by atoms with van der Waals surface area (Å²) in [6, 6.07) is -0.226. The number of hydrogen-bond acceptors (Lipinski definition) is 2. The first-order chi connectivity index (χ1) is 8.58. The number of unbranched alkanes of at least 4 members (excludes halogenated alkanes) is 1. The van der Waals surface area contributed by atoms with Crippen LogP contribution in [0.4, 0.5) is 0 Å². The lowest BCUT2D eigenvalue weighted by atomic mass is 10.1. The molecule has 1 aliphatic carbocycles. The topological polar surface area (TPSA) is 49.4 Å². The van der Waals surface area contributed by atoms with Crippen LogP contribution in [0.15, 0.2) is 0 Å². The first kappa shape index (κ1) is 13.4. The number of nitrogens with zero attached hydrogens (tertiary/aromatic N) is 1. The van der Waals surface area contributed by atoms with Crippen LogP contribution in [-0.4, -0.2) is 35.8 Å². The fourth-order valence-corrected chi connectivity index (χ4v) is 2.52. The van der Waals surface area contributed by atoms with Crippen LogP contribution in [-0.2, 0) is 9.59 Å². The first-order valence-electron chi connectivity index (χ1n) is 7.16. The minimum absolute atomic E-state index is 0.00959. The molecule has 0 spiro atoms. The van der Waals surface area contributed by atoms with E-state index in [4.69, 9.17) is 0 Å². The molecule has 102 valence electrons. The van der Waals surface area contributed by atoms with Crippen molar-refractivity contribution in [2.24, 2.45) is 11.8 Å². The smallest absolute Gasteiger partial charge is 0.245 e. The van der Waals surface area contributed by atoms with Crippen LogP contribution in [0.5, 0.6) is 0 Å². The van der Waals surface area contributed by atoms with E-state index in [0.717, 1.165) is 32.2 Å². The number of carbonyl (C=O) groups excluding carboxylic acids is 2. The van der Waals surface area contributed by atoms with Crippen molar-refractivity contribution in [1.29, 1.82) is 0 Å². The van der Waals surface area contributed by atoms with E-state index in [0.29, 0.717) is 11.8 Å². The molecule has 1 saturated heterocycles. The minimum Gasteiger partial charge on any atom is -0.342 e. The highest BCUT2D eigenvalue weighted by atomic mass is 16.2. The molecule has 1 N–H and O–H groups in total. The summed E-state index contributed by atoms with van der Waals surface area (Å²) in [5, 5.41) is 2.84. The average Bonchev–Trinajstić information content (AvgIpc) is 3.12. The molecule has 0 aromatic heterocycles. The Morgan fingerprint density at radius 1 is 1.28 bits per heavy atom. The standard InChI is InChI=1S/C14H24N2O2/c1-10(2)5-3-4-8-16-9-12(17)15-13(14(16)18)11-6-7-11/h10-11,13H,3-9H2,1-2H3,(H,15,17). The Labute approximate surface area is 109 Å². The fraction of sp³-hybridized carbons (Fsp3) is 0.857. The second-order valence-corrected chi connectivity index (χ2v) is 6.03. The lowest BCUT2D eigenvalue weighted by Crippen LogP contribution is -2.58. The third-order valence-electron chi connectivity index (χ3n) is 3.78. The van der Waals surface area contributed by atoms with Gasteiger partial charge >= 0.3 is 0 Å². The molecule has 1 atom stereocenters. The van der Waals surface area contributed by atoms with Gasteiger partial charge in [-0.2, -0.15) is 0 Å². The molecular weight excluding hydrogens is 228 g/mol. The molecule has 2 fully saturated rings. The lowest BCUT2D eigenvalue weighted by molar-refractivity contribution is -0.144. The largest absolute Gasteiger partial charge is 0.342 e. The summed E-state index contributed by atoms with van der Waals surface area (Å²) in [6.45, 7) is 5.41.